The number of fused-ring (bicyclic) bond motifs is 1. The molecule has 0 atom stereocenters. The second kappa shape index (κ2) is 8.72. The molecule has 6 nitrogen and oxygen atoms in total. The van der Waals surface area contributed by atoms with Crippen LogP contribution in [0, 0.1) is 11.3 Å². The molecule has 0 bridgehead atoms. The van der Waals surface area contributed by atoms with Crippen LogP contribution in [0.2, 0.25) is 0 Å². The zero-order valence-electron chi connectivity index (χ0n) is 15.7. The predicted octanol–water partition coefficient (Wildman–Crippen LogP) is 3.97. The molecular formula is C21H20N2O4S. The topological polar surface area (TPSA) is 88.4 Å². The zero-order chi connectivity index (χ0) is 20.1. The number of nitrogens with one attached hydrogen (secondary N) is 1. The van der Waals surface area contributed by atoms with Crippen LogP contribution < -0.4 is 10.1 Å². The number of hydrogen-bond donors (Lipinski definition) is 1. The van der Waals surface area contributed by atoms with E-state index in [1.54, 1.807) is 38.3 Å². The Morgan fingerprint density at radius 1 is 1.29 bits per heavy atom. The summed E-state index contributed by atoms with van der Waals surface area (Å²) in [5.41, 5.74) is 2.03. The first-order chi connectivity index (χ1) is 13.6. The van der Waals surface area contributed by atoms with Crippen LogP contribution in [-0.4, -0.2) is 25.6 Å². The Balaban J connectivity index is 1.86. The van der Waals surface area contributed by atoms with E-state index in [4.69, 9.17) is 9.47 Å². The number of anilines is 1. The molecule has 1 aromatic heterocycles. The third-order valence-electron chi connectivity index (χ3n) is 4.42. The first-order valence-corrected chi connectivity index (χ1v) is 9.77. The molecule has 0 fully saturated rings. The average Bonchev–Trinajstić information content (AvgIpc) is 3.27. The van der Waals surface area contributed by atoms with Crippen molar-refractivity contribution in [3.05, 3.63) is 51.4 Å². The molecule has 3 rings (SSSR count). The molecule has 0 saturated carbocycles. The fourth-order valence-electron chi connectivity index (χ4n) is 3.10. The molecule has 1 aliphatic rings. The number of carbonyl (C=O) groups is 2. The Bertz CT molecular complexity index is 968. The van der Waals surface area contributed by atoms with Gasteiger partial charge in [0.05, 0.1) is 19.3 Å². The summed E-state index contributed by atoms with van der Waals surface area (Å²) in [6, 6.07) is 8.95. The summed E-state index contributed by atoms with van der Waals surface area (Å²) in [7, 11) is 1.57. The zero-order valence-corrected chi connectivity index (χ0v) is 16.5. The molecule has 2 aromatic rings. The number of nitriles is 1. The van der Waals surface area contributed by atoms with Crippen molar-refractivity contribution in [3.63, 3.8) is 0 Å². The Morgan fingerprint density at radius 2 is 2.04 bits per heavy atom. The summed E-state index contributed by atoms with van der Waals surface area (Å²) in [6.45, 7) is 2.01. The molecule has 28 heavy (non-hydrogen) atoms. The number of carbonyl (C=O) groups excluding carboxylic acids is 2. The maximum atomic E-state index is 12.7. The molecular weight excluding hydrogens is 376 g/mol. The van der Waals surface area contributed by atoms with Crippen LogP contribution >= 0.6 is 11.3 Å². The van der Waals surface area contributed by atoms with Crippen LogP contribution in [0.5, 0.6) is 5.75 Å². The van der Waals surface area contributed by atoms with Crippen molar-refractivity contribution in [1.29, 1.82) is 5.26 Å². The third-order valence-corrected chi connectivity index (χ3v) is 5.63. The van der Waals surface area contributed by atoms with Gasteiger partial charge >= 0.3 is 5.97 Å². The summed E-state index contributed by atoms with van der Waals surface area (Å²) < 4.78 is 10.3. The van der Waals surface area contributed by atoms with Crippen molar-refractivity contribution in [3.8, 4) is 11.8 Å². The van der Waals surface area contributed by atoms with Gasteiger partial charge in [-0.2, -0.15) is 5.26 Å². The third kappa shape index (κ3) is 4.07. The number of methoxy groups -OCH3 is 1. The first-order valence-electron chi connectivity index (χ1n) is 8.96. The number of benzene rings is 1. The monoisotopic (exact) mass is 396 g/mol. The van der Waals surface area contributed by atoms with Gasteiger partial charge in [-0.15, -0.1) is 11.3 Å². The van der Waals surface area contributed by atoms with E-state index >= 15 is 0 Å². The van der Waals surface area contributed by atoms with Gasteiger partial charge in [0.15, 0.2) is 0 Å². The standard InChI is InChI=1S/C21H20N2O4S/c1-3-27-21(25)18-16-5-4-6-17(16)28-20(18)23-19(24)14(12-22)11-13-7-9-15(26-2)10-8-13/h7-11H,3-6H2,1-2H3,(H,23,24)/b14-11+. The van der Waals surface area contributed by atoms with Crippen molar-refractivity contribution >= 4 is 34.3 Å². The normalized spacial score (nSPS) is 12.8. The molecule has 1 heterocycles. The van der Waals surface area contributed by atoms with Crippen LogP contribution in [0.1, 0.15) is 39.7 Å². The van der Waals surface area contributed by atoms with E-state index < -0.39 is 11.9 Å². The highest BCUT2D eigenvalue weighted by Gasteiger charge is 2.28. The molecule has 1 N–H and O–H groups in total. The summed E-state index contributed by atoms with van der Waals surface area (Å²) in [5.74, 6) is -0.300. The molecule has 0 radical (unpaired) electrons. The van der Waals surface area contributed by atoms with Gasteiger partial charge in [-0.05, 0) is 55.5 Å². The number of aryl methyl sites for hydroxylation is 1. The fourth-order valence-corrected chi connectivity index (χ4v) is 4.37. The lowest BCUT2D eigenvalue weighted by molar-refractivity contribution is -0.112. The molecule has 0 aliphatic heterocycles. The number of thiophene rings is 1. The molecule has 0 spiro atoms. The number of ether oxygens (including phenoxy) is 2. The van der Waals surface area contributed by atoms with Gasteiger partial charge in [0.1, 0.15) is 22.4 Å². The number of amides is 1. The predicted molar refractivity (Wildman–Crippen MR) is 108 cm³/mol. The van der Waals surface area contributed by atoms with Crippen molar-refractivity contribution in [2.45, 2.75) is 26.2 Å². The maximum absolute atomic E-state index is 12.7. The molecule has 1 aromatic carbocycles. The molecule has 144 valence electrons. The van der Waals surface area contributed by atoms with Crippen LogP contribution in [0.15, 0.2) is 29.8 Å². The minimum Gasteiger partial charge on any atom is -0.497 e. The van der Waals surface area contributed by atoms with Gasteiger partial charge in [-0.25, -0.2) is 4.79 Å². The van der Waals surface area contributed by atoms with E-state index in [-0.39, 0.29) is 12.2 Å². The smallest absolute Gasteiger partial charge is 0.341 e. The number of nitrogens with zero attached hydrogens (tertiary/aromatic N) is 1. The number of hydrogen-bond acceptors (Lipinski definition) is 6. The quantitative estimate of drug-likeness (QED) is 0.453. The van der Waals surface area contributed by atoms with Crippen molar-refractivity contribution in [2.75, 3.05) is 19.0 Å². The van der Waals surface area contributed by atoms with E-state index in [1.807, 2.05) is 6.07 Å². The van der Waals surface area contributed by atoms with E-state index in [2.05, 4.69) is 5.32 Å². The van der Waals surface area contributed by atoms with E-state index in [1.165, 1.54) is 17.4 Å². The first kappa shape index (κ1) is 19.6. The minimum absolute atomic E-state index is 0.0477. The van der Waals surface area contributed by atoms with Gasteiger partial charge < -0.3 is 14.8 Å². The summed E-state index contributed by atoms with van der Waals surface area (Å²) in [4.78, 5) is 26.2. The van der Waals surface area contributed by atoms with Crippen molar-refractivity contribution in [2.24, 2.45) is 0 Å². The molecule has 1 aliphatic carbocycles. The summed E-state index contributed by atoms with van der Waals surface area (Å²) >= 11 is 1.38. The average molecular weight is 396 g/mol. The molecule has 7 heteroatoms. The highest BCUT2D eigenvalue weighted by atomic mass is 32.1. The Morgan fingerprint density at radius 3 is 2.68 bits per heavy atom. The SMILES string of the molecule is CCOC(=O)c1c(NC(=O)/C(C#N)=C/c2ccc(OC)cc2)sc2c1CCC2. The minimum atomic E-state index is -0.552. The maximum Gasteiger partial charge on any atom is 0.341 e. The van der Waals surface area contributed by atoms with Gasteiger partial charge in [0.25, 0.3) is 5.91 Å². The highest BCUT2D eigenvalue weighted by molar-refractivity contribution is 7.17. The highest BCUT2D eigenvalue weighted by Crippen LogP contribution is 2.39. The largest absolute Gasteiger partial charge is 0.497 e. The van der Waals surface area contributed by atoms with Crippen LogP contribution in [0.4, 0.5) is 5.00 Å². The van der Waals surface area contributed by atoms with Crippen molar-refractivity contribution in [1.82, 2.24) is 0 Å². The number of rotatable bonds is 6. The summed E-state index contributed by atoms with van der Waals surface area (Å²) in [6.07, 6.45) is 4.17. The Hall–Kier alpha value is -3.11. The van der Waals surface area contributed by atoms with Crippen LogP contribution in [-0.2, 0) is 22.4 Å². The fraction of sp³-hybridized carbons (Fsp3) is 0.286. The van der Waals surface area contributed by atoms with Gasteiger partial charge in [-0.3, -0.25) is 4.79 Å². The van der Waals surface area contributed by atoms with E-state index in [0.717, 1.165) is 29.7 Å². The Labute approximate surface area is 167 Å². The van der Waals surface area contributed by atoms with Crippen molar-refractivity contribution < 1.29 is 19.1 Å². The number of esters is 1. The molecule has 0 unspecified atom stereocenters. The Kier molecular flexibility index (Phi) is 6.12. The van der Waals surface area contributed by atoms with Crippen LogP contribution in [0.25, 0.3) is 6.08 Å². The molecule has 0 saturated heterocycles. The second-order valence-electron chi connectivity index (χ2n) is 6.18. The lowest BCUT2D eigenvalue weighted by Crippen LogP contribution is -2.16. The van der Waals surface area contributed by atoms with Crippen LogP contribution in [0.3, 0.4) is 0 Å². The van der Waals surface area contributed by atoms with E-state index in [9.17, 15) is 14.9 Å². The van der Waals surface area contributed by atoms with Gasteiger partial charge in [0.2, 0.25) is 0 Å². The summed E-state index contributed by atoms with van der Waals surface area (Å²) in [5, 5.41) is 12.6. The molecule has 1 amide bonds. The van der Waals surface area contributed by atoms with Gasteiger partial charge in [-0.1, -0.05) is 12.1 Å². The van der Waals surface area contributed by atoms with E-state index in [0.29, 0.717) is 21.9 Å². The van der Waals surface area contributed by atoms with Gasteiger partial charge in [0, 0.05) is 4.88 Å². The lowest BCUT2D eigenvalue weighted by Gasteiger charge is -2.07. The lowest BCUT2D eigenvalue weighted by atomic mass is 10.1. The second-order valence-corrected chi connectivity index (χ2v) is 7.28.